The van der Waals surface area contributed by atoms with Gasteiger partial charge in [-0.3, -0.25) is 14.4 Å². The first-order valence-electron chi connectivity index (χ1n) is 6.68. The minimum atomic E-state index is -0.542. The van der Waals surface area contributed by atoms with Crippen LogP contribution in [0.5, 0.6) is 0 Å². The number of nitrogen functional groups attached to an aromatic ring is 1. The second-order valence-corrected chi connectivity index (χ2v) is 4.60. The van der Waals surface area contributed by atoms with Gasteiger partial charge in [0.2, 0.25) is 0 Å². The minimum Gasteiger partial charge on any atom is -0.396 e. The van der Waals surface area contributed by atoms with Gasteiger partial charge in [-0.1, -0.05) is 0 Å². The zero-order valence-corrected chi connectivity index (χ0v) is 11.3. The Morgan fingerprint density at radius 3 is 2.90 bits per heavy atom. The van der Waals surface area contributed by atoms with Gasteiger partial charge in [0.25, 0.3) is 5.91 Å². The van der Waals surface area contributed by atoms with Crippen LogP contribution in [0.1, 0.15) is 10.5 Å². The van der Waals surface area contributed by atoms with Gasteiger partial charge in [0.05, 0.1) is 25.4 Å². The van der Waals surface area contributed by atoms with Gasteiger partial charge in [0.1, 0.15) is 6.67 Å². The van der Waals surface area contributed by atoms with Crippen LogP contribution < -0.4 is 11.1 Å². The fourth-order valence-corrected chi connectivity index (χ4v) is 2.05. The quantitative estimate of drug-likeness (QED) is 0.736. The lowest BCUT2D eigenvalue weighted by atomic mass is 10.3. The van der Waals surface area contributed by atoms with E-state index in [-0.39, 0.29) is 23.8 Å². The van der Waals surface area contributed by atoms with E-state index in [1.54, 1.807) is 0 Å². The molecular formula is C12H20FN5O2. The minimum absolute atomic E-state index is 0.102. The SMILES string of the molecule is Nc1cn(CCF)nc1C(=O)NCCN1CCOCC1. The molecule has 1 aromatic heterocycles. The molecule has 0 saturated carbocycles. The van der Waals surface area contributed by atoms with E-state index < -0.39 is 6.67 Å². The Balaban J connectivity index is 1.79. The number of hydrogen-bond acceptors (Lipinski definition) is 5. The Hall–Kier alpha value is -1.67. The summed E-state index contributed by atoms with van der Waals surface area (Å²) >= 11 is 0. The number of amides is 1. The predicted octanol–water partition coefficient (Wildman–Crippen LogP) is -0.503. The van der Waals surface area contributed by atoms with Crippen LogP contribution in [-0.4, -0.2) is 66.7 Å². The monoisotopic (exact) mass is 285 g/mol. The summed E-state index contributed by atoms with van der Waals surface area (Å²) in [5.74, 6) is -0.326. The molecule has 0 unspecified atom stereocenters. The number of ether oxygens (including phenoxy) is 1. The number of nitrogens with one attached hydrogen (secondary N) is 1. The van der Waals surface area contributed by atoms with Crippen molar-refractivity contribution < 1.29 is 13.9 Å². The molecule has 7 nitrogen and oxygen atoms in total. The van der Waals surface area contributed by atoms with Crippen LogP contribution in [0.2, 0.25) is 0 Å². The molecule has 0 aromatic carbocycles. The number of carbonyl (C=O) groups is 1. The molecule has 1 fully saturated rings. The summed E-state index contributed by atoms with van der Waals surface area (Å²) < 4.78 is 18.8. The molecule has 1 amide bonds. The van der Waals surface area contributed by atoms with Crippen LogP contribution in [0.15, 0.2) is 6.20 Å². The van der Waals surface area contributed by atoms with Crippen molar-refractivity contribution >= 4 is 11.6 Å². The molecule has 20 heavy (non-hydrogen) atoms. The topological polar surface area (TPSA) is 85.4 Å². The molecule has 0 aliphatic carbocycles. The molecule has 8 heteroatoms. The van der Waals surface area contributed by atoms with Crippen molar-refractivity contribution in [1.82, 2.24) is 20.0 Å². The van der Waals surface area contributed by atoms with Crippen molar-refractivity contribution in [2.45, 2.75) is 6.54 Å². The number of hydrogen-bond donors (Lipinski definition) is 2. The summed E-state index contributed by atoms with van der Waals surface area (Å²) in [5.41, 5.74) is 6.11. The molecule has 1 aromatic rings. The van der Waals surface area contributed by atoms with Gasteiger partial charge >= 0.3 is 0 Å². The number of morpholine rings is 1. The number of nitrogens with zero attached hydrogens (tertiary/aromatic N) is 3. The number of aryl methyl sites for hydroxylation is 1. The summed E-state index contributed by atoms with van der Waals surface area (Å²) in [6.07, 6.45) is 1.47. The maximum absolute atomic E-state index is 12.2. The van der Waals surface area contributed by atoms with Crippen molar-refractivity contribution in [3.63, 3.8) is 0 Å². The first-order valence-corrected chi connectivity index (χ1v) is 6.68. The van der Waals surface area contributed by atoms with Gasteiger partial charge in [-0.05, 0) is 0 Å². The molecule has 0 radical (unpaired) electrons. The molecule has 2 heterocycles. The third kappa shape index (κ3) is 3.91. The zero-order valence-electron chi connectivity index (χ0n) is 11.3. The number of anilines is 1. The fourth-order valence-electron chi connectivity index (χ4n) is 2.05. The highest BCUT2D eigenvalue weighted by molar-refractivity contribution is 5.96. The number of nitrogens with two attached hydrogens (primary N) is 1. The highest BCUT2D eigenvalue weighted by Gasteiger charge is 2.15. The molecular weight excluding hydrogens is 265 g/mol. The van der Waals surface area contributed by atoms with E-state index in [0.29, 0.717) is 6.54 Å². The van der Waals surface area contributed by atoms with E-state index in [0.717, 1.165) is 32.8 Å². The largest absolute Gasteiger partial charge is 0.396 e. The average Bonchev–Trinajstić information content (AvgIpc) is 2.81. The first kappa shape index (κ1) is 14.7. The molecule has 1 aliphatic heterocycles. The summed E-state index contributed by atoms with van der Waals surface area (Å²) in [5, 5.41) is 6.74. The van der Waals surface area contributed by atoms with E-state index in [1.165, 1.54) is 10.9 Å². The third-order valence-electron chi connectivity index (χ3n) is 3.14. The molecule has 0 atom stereocenters. The van der Waals surface area contributed by atoms with E-state index in [9.17, 15) is 9.18 Å². The van der Waals surface area contributed by atoms with Crippen LogP contribution in [0.3, 0.4) is 0 Å². The number of rotatable bonds is 6. The van der Waals surface area contributed by atoms with Crippen molar-refractivity contribution in [2.75, 3.05) is 51.8 Å². The maximum atomic E-state index is 12.2. The first-order chi connectivity index (χ1) is 9.70. The van der Waals surface area contributed by atoms with Crippen molar-refractivity contribution in [3.8, 4) is 0 Å². The van der Waals surface area contributed by atoms with Crippen LogP contribution in [0.25, 0.3) is 0 Å². The summed E-state index contributed by atoms with van der Waals surface area (Å²) in [6.45, 7) is 4.06. The normalized spacial score (nSPS) is 16.2. The van der Waals surface area contributed by atoms with Crippen LogP contribution >= 0.6 is 0 Å². The highest BCUT2D eigenvalue weighted by atomic mass is 19.1. The number of aromatic nitrogens is 2. The number of halogens is 1. The molecule has 2 rings (SSSR count). The lowest BCUT2D eigenvalue weighted by Gasteiger charge is -2.26. The lowest BCUT2D eigenvalue weighted by molar-refractivity contribution is 0.0383. The van der Waals surface area contributed by atoms with Crippen molar-refractivity contribution in [2.24, 2.45) is 0 Å². The molecule has 1 aliphatic rings. The Morgan fingerprint density at radius 1 is 1.45 bits per heavy atom. The van der Waals surface area contributed by atoms with Gasteiger partial charge in [-0.15, -0.1) is 0 Å². The number of alkyl halides is 1. The second-order valence-electron chi connectivity index (χ2n) is 4.60. The van der Waals surface area contributed by atoms with Gasteiger partial charge in [0, 0.05) is 32.4 Å². The Kier molecular flexibility index (Phi) is 5.31. The van der Waals surface area contributed by atoms with E-state index in [2.05, 4.69) is 15.3 Å². The second kappa shape index (κ2) is 7.20. The Morgan fingerprint density at radius 2 is 2.20 bits per heavy atom. The van der Waals surface area contributed by atoms with E-state index in [1.807, 2.05) is 0 Å². The molecule has 1 saturated heterocycles. The van der Waals surface area contributed by atoms with Crippen LogP contribution in [-0.2, 0) is 11.3 Å². The Bertz CT molecular complexity index is 445. The maximum Gasteiger partial charge on any atom is 0.273 e. The Labute approximate surface area is 116 Å². The van der Waals surface area contributed by atoms with Crippen molar-refractivity contribution in [3.05, 3.63) is 11.9 Å². The fraction of sp³-hybridized carbons (Fsp3) is 0.667. The molecule has 3 N–H and O–H groups in total. The zero-order chi connectivity index (χ0) is 14.4. The third-order valence-corrected chi connectivity index (χ3v) is 3.14. The van der Waals surface area contributed by atoms with E-state index in [4.69, 9.17) is 10.5 Å². The average molecular weight is 285 g/mol. The highest BCUT2D eigenvalue weighted by Crippen LogP contribution is 2.08. The standard InChI is InChI=1S/C12H20FN5O2/c13-1-3-18-9-10(14)11(16-18)12(19)15-2-4-17-5-7-20-8-6-17/h9H,1-8,14H2,(H,15,19). The van der Waals surface area contributed by atoms with Gasteiger partial charge in [-0.25, -0.2) is 4.39 Å². The summed E-state index contributed by atoms with van der Waals surface area (Å²) in [7, 11) is 0. The molecule has 0 bridgehead atoms. The smallest absolute Gasteiger partial charge is 0.273 e. The summed E-state index contributed by atoms with van der Waals surface area (Å²) in [6, 6.07) is 0. The number of carbonyl (C=O) groups excluding carboxylic acids is 1. The van der Waals surface area contributed by atoms with Crippen molar-refractivity contribution in [1.29, 1.82) is 0 Å². The van der Waals surface area contributed by atoms with Gasteiger partial charge in [-0.2, -0.15) is 5.10 Å². The van der Waals surface area contributed by atoms with Gasteiger partial charge in [0.15, 0.2) is 5.69 Å². The van der Waals surface area contributed by atoms with Gasteiger partial charge < -0.3 is 15.8 Å². The molecule has 112 valence electrons. The van der Waals surface area contributed by atoms with Crippen LogP contribution in [0, 0.1) is 0 Å². The predicted molar refractivity (Wildman–Crippen MR) is 72.2 cm³/mol. The lowest BCUT2D eigenvalue weighted by Crippen LogP contribution is -2.41. The van der Waals surface area contributed by atoms with Crippen LogP contribution in [0.4, 0.5) is 10.1 Å². The summed E-state index contributed by atoms with van der Waals surface area (Å²) in [4.78, 5) is 14.1. The van der Waals surface area contributed by atoms with E-state index >= 15 is 0 Å². The molecule has 0 spiro atoms.